The highest BCUT2D eigenvalue weighted by molar-refractivity contribution is 9.10. The standard InChI is InChI=1S/C17H20BrNO/c1-11-7-12(2)9-15(8-11)20-17-6-5-14(10-16(17)18)13(3)19-4/h5-10,13,19H,1-4H3. The molecule has 0 amide bonds. The molecule has 1 atom stereocenters. The molecule has 1 N–H and O–H groups in total. The topological polar surface area (TPSA) is 21.3 Å². The summed E-state index contributed by atoms with van der Waals surface area (Å²) in [6.45, 7) is 6.28. The molecule has 0 aromatic heterocycles. The maximum atomic E-state index is 5.97. The van der Waals surface area contributed by atoms with E-state index in [1.54, 1.807) is 0 Å². The fraction of sp³-hybridized carbons (Fsp3) is 0.294. The Morgan fingerprint density at radius 2 is 1.70 bits per heavy atom. The normalized spacial score (nSPS) is 12.2. The first-order chi connectivity index (χ1) is 9.49. The van der Waals surface area contributed by atoms with E-state index < -0.39 is 0 Å². The van der Waals surface area contributed by atoms with Crippen molar-refractivity contribution in [1.82, 2.24) is 5.32 Å². The zero-order valence-corrected chi connectivity index (χ0v) is 13.9. The summed E-state index contributed by atoms with van der Waals surface area (Å²) in [5, 5.41) is 3.23. The van der Waals surface area contributed by atoms with E-state index in [1.165, 1.54) is 16.7 Å². The van der Waals surface area contributed by atoms with Crippen molar-refractivity contribution in [2.24, 2.45) is 0 Å². The number of benzene rings is 2. The third-order valence-electron chi connectivity index (χ3n) is 3.31. The predicted molar refractivity (Wildman–Crippen MR) is 87.6 cm³/mol. The Morgan fingerprint density at radius 3 is 2.25 bits per heavy atom. The molecular formula is C17H20BrNO. The lowest BCUT2D eigenvalue weighted by Gasteiger charge is -2.14. The van der Waals surface area contributed by atoms with Gasteiger partial charge in [0.2, 0.25) is 0 Å². The van der Waals surface area contributed by atoms with E-state index in [1.807, 2.05) is 25.2 Å². The number of rotatable bonds is 4. The molecule has 2 aromatic carbocycles. The van der Waals surface area contributed by atoms with Gasteiger partial charge in [-0.15, -0.1) is 0 Å². The third kappa shape index (κ3) is 3.62. The van der Waals surface area contributed by atoms with Gasteiger partial charge in [0.05, 0.1) is 4.47 Å². The van der Waals surface area contributed by atoms with Gasteiger partial charge in [0, 0.05) is 6.04 Å². The summed E-state index contributed by atoms with van der Waals surface area (Å²) < 4.78 is 6.94. The smallest absolute Gasteiger partial charge is 0.141 e. The molecule has 106 valence electrons. The van der Waals surface area contributed by atoms with Gasteiger partial charge < -0.3 is 10.1 Å². The van der Waals surface area contributed by atoms with Crippen LogP contribution in [0.15, 0.2) is 40.9 Å². The second-order valence-corrected chi connectivity index (χ2v) is 5.98. The minimum atomic E-state index is 0.321. The van der Waals surface area contributed by atoms with Crippen LogP contribution in [0.2, 0.25) is 0 Å². The summed E-state index contributed by atoms with van der Waals surface area (Å²) in [5.41, 5.74) is 3.64. The SMILES string of the molecule is CNC(C)c1ccc(Oc2cc(C)cc(C)c2)c(Br)c1. The van der Waals surface area contributed by atoms with Crippen molar-refractivity contribution in [1.29, 1.82) is 0 Å². The molecule has 0 saturated carbocycles. The van der Waals surface area contributed by atoms with Crippen molar-refractivity contribution in [2.75, 3.05) is 7.05 Å². The van der Waals surface area contributed by atoms with E-state index in [9.17, 15) is 0 Å². The molecule has 0 aliphatic rings. The predicted octanol–water partition coefficient (Wildman–Crippen LogP) is 5.14. The first-order valence-corrected chi connectivity index (χ1v) is 7.52. The molecule has 2 rings (SSSR count). The second kappa shape index (κ2) is 6.42. The highest BCUT2D eigenvalue weighted by Gasteiger charge is 2.08. The molecule has 0 spiro atoms. The molecule has 2 aromatic rings. The lowest BCUT2D eigenvalue weighted by molar-refractivity contribution is 0.478. The van der Waals surface area contributed by atoms with E-state index >= 15 is 0 Å². The van der Waals surface area contributed by atoms with E-state index in [-0.39, 0.29) is 0 Å². The van der Waals surface area contributed by atoms with Crippen molar-refractivity contribution in [3.63, 3.8) is 0 Å². The molecule has 0 radical (unpaired) electrons. The number of ether oxygens (including phenoxy) is 1. The monoisotopic (exact) mass is 333 g/mol. The van der Waals surface area contributed by atoms with Crippen LogP contribution in [-0.2, 0) is 0 Å². The quantitative estimate of drug-likeness (QED) is 0.836. The van der Waals surface area contributed by atoms with Crippen LogP contribution in [0.3, 0.4) is 0 Å². The molecule has 0 aliphatic carbocycles. The number of aryl methyl sites for hydroxylation is 2. The van der Waals surface area contributed by atoms with Gasteiger partial charge in [-0.3, -0.25) is 0 Å². The zero-order valence-electron chi connectivity index (χ0n) is 12.3. The molecule has 2 nitrogen and oxygen atoms in total. The van der Waals surface area contributed by atoms with E-state index in [4.69, 9.17) is 4.74 Å². The number of nitrogens with one attached hydrogen (secondary N) is 1. The molecule has 1 unspecified atom stereocenters. The summed E-state index contributed by atoms with van der Waals surface area (Å²) in [6.07, 6.45) is 0. The van der Waals surface area contributed by atoms with Crippen LogP contribution in [0.25, 0.3) is 0 Å². The summed E-state index contributed by atoms with van der Waals surface area (Å²) in [7, 11) is 1.96. The minimum Gasteiger partial charge on any atom is -0.456 e. The van der Waals surface area contributed by atoms with Gasteiger partial charge in [-0.2, -0.15) is 0 Å². The van der Waals surface area contributed by atoms with Crippen LogP contribution in [-0.4, -0.2) is 7.05 Å². The lowest BCUT2D eigenvalue weighted by Crippen LogP contribution is -2.12. The molecule has 0 saturated heterocycles. The van der Waals surface area contributed by atoms with Gasteiger partial charge in [0.1, 0.15) is 11.5 Å². The van der Waals surface area contributed by atoms with Crippen molar-refractivity contribution >= 4 is 15.9 Å². The number of halogens is 1. The second-order valence-electron chi connectivity index (χ2n) is 5.13. The van der Waals surface area contributed by atoms with Gasteiger partial charge in [-0.25, -0.2) is 0 Å². The first kappa shape index (κ1) is 15.1. The first-order valence-electron chi connectivity index (χ1n) is 6.72. The lowest BCUT2D eigenvalue weighted by atomic mass is 10.1. The van der Waals surface area contributed by atoms with Crippen molar-refractivity contribution < 1.29 is 4.74 Å². The van der Waals surface area contributed by atoms with Crippen molar-refractivity contribution in [2.45, 2.75) is 26.8 Å². The Hall–Kier alpha value is -1.32. The highest BCUT2D eigenvalue weighted by Crippen LogP contribution is 2.32. The molecule has 0 aliphatic heterocycles. The van der Waals surface area contributed by atoms with Gasteiger partial charge in [-0.05, 0) is 84.7 Å². The fourth-order valence-corrected chi connectivity index (χ4v) is 2.63. The summed E-state index contributed by atoms with van der Waals surface area (Å²) >= 11 is 3.59. The van der Waals surface area contributed by atoms with E-state index in [0.29, 0.717) is 6.04 Å². The zero-order chi connectivity index (χ0) is 14.7. The minimum absolute atomic E-state index is 0.321. The Balaban J connectivity index is 2.25. The van der Waals surface area contributed by atoms with Crippen LogP contribution in [0.5, 0.6) is 11.5 Å². The Morgan fingerprint density at radius 1 is 1.05 bits per heavy atom. The third-order valence-corrected chi connectivity index (χ3v) is 3.93. The van der Waals surface area contributed by atoms with Gasteiger partial charge in [-0.1, -0.05) is 12.1 Å². The molecule has 0 heterocycles. The van der Waals surface area contributed by atoms with E-state index in [0.717, 1.165) is 16.0 Å². The van der Waals surface area contributed by atoms with Gasteiger partial charge in [0.15, 0.2) is 0 Å². The van der Waals surface area contributed by atoms with Crippen LogP contribution >= 0.6 is 15.9 Å². The van der Waals surface area contributed by atoms with Crippen LogP contribution < -0.4 is 10.1 Å². The Kier molecular flexibility index (Phi) is 4.84. The fourth-order valence-electron chi connectivity index (χ4n) is 2.15. The number of hydrogen-bond acceptors (Lipinski definition) is 2. The highest BCUT2D eigenvalue weighted by atomic mass is 79.9. The van der Waals surface area contributed by atoms with Crippen LogP contribution in [0, 0.1) is 13.8 Å². The number of hydrogen-bond donors (Lipinski definition) is 1. The molecular weight excluding hydrogens is 314 g/mol. The van der Waals surface area contributed by atoms with Crippen LogP contribution in [0.4, 0.5) is 0 Å². The van der Waals surface area contributed by atoms with Crippen molar-refractivity contribution in [3.8, 4) is 11.5 Å². The largest absolute Gasteiger partial charge is 0.456 e. The average Bonchev–Trinajstić information content (AvgIpc) is 2.39. The molecule has 20 heavy (non-hydrogen) atoms. The van der Waals surface area contributed by atoms with Gasteiger partial charge >= 0.3 is 0 Å². The van der Waals surface area contributed by atoms with Crippen LogP contribution in [0.1, 0.15) is 29.7 Å². The van der Waals surface area contributed by atoms with Crippen molar-refractivity contribution in [3.05, 3.63) is 57.6 Å². The molecule has 0 bridgehead atoms. The Labute approximate surface area is 129 Å². The maximum absolute atomic E-state index is 5.97. The van der Waals surface area contributed by atoms with Gasteiger partial charge in [0.25, 0.3) is 0 Å². The average molecular weight is 334 g/mol. The Bertz CT molecular complexity index is 590. The summed E-state index contributed by atoms with van der Waals surface area (Å²) in [5.74, 6) is 1.71. The summed E-state index contributed by atoms with van der Waals surface area (Å²) in [4.78, 5) is 0. The molecule has 3 heteroatoms. The molecule has 0 fully saturated rings. The summed E-state index contributed by atoms with van der Waals surface area (Å²) in [6, 6.07) is 12.7. The van der Waals surface area contributed by atoms with E-state index in [2.05, 4.69) is 60.2 Å². The maximum Gasteiger partial charge on any atom is 0.141 e.